The van der Waals surface area contributed by atoms with Crippen LogP contribution in [0.5, 0.6) is 17.2 Å². The molecular weight excluding hydrogens is 268 g/mol. The van der Waals surface area contributed by atoms with Crippen molar-refractivity contribution in [3.8, 4) is 17.2 Å². The first-order valence-corrected chi connectivity index (χ1v) is 7.18. The van der Waals surface area contributed by atoms with Crippen molar-refractivity contribution in [1.82, 2.24) is 0 Å². The lowest BCUT2D eigenvalue weighted by molar-refractivity contribution is 0.293. The van der Waals surface area contributed by atoms with Gasteiger partial charge >= 0.3 is 0 Å². The van der Waals surface area contributed by atoms with Gasteiger partial charge in [-0.25, -0.2) is 0 Å². The molecule has 20 heavy (non-hydrogen) atoms. The minimum atomic E-state index is 0.513. The molecule has 0 aliphatic rings. The van der Waals surface area contributed by atoms with Crippen molar-refractivity contribution in [3.63, 3.8) is 0 Å². The van der Waals surface area contributed by atoms with E-state index in [1.165, 1.54) is 11.3 Å². The highest BCUT2D eigenvalue weighted by molar-refractivity contribution is 7.08. The number of ether oxygens (including phenoxy) is 2. The van der Waals surface area contributed by atoms with E-state index in [1.54, 1.807) is 0 Å². The van der Waals surface area contributed by atoms with Crippen LogP contribution in [-0.2, 0) is 6.61 Å². The van der Waals surface area contributed by atoms with E-state index >= 15 is 0 Å². The molecule has 0 saturated carbocycles. The molecule has 3 rings (SSSR count). The van der Waals surface area contributed by atoms with Gasteiger partial charge in [0.05, 0.1) is 5.38 Å². The summed E-state index contributed by atoms with van der Waals surface area (Å²) in [5.41, 5.74) is 1.12. The summed E-state index contributed by atoms with van der Waals surface area (Å²) in [6.45, 7) is 0.513. The lowest BCUT2D eigenvalue weighted by Gasteiger charge is -2.08. The summed E-state index contributed by atoms with van der Waals surface area (Å²) in [5, 5.41) is 4.99. The number of hydrogen-bond acceptors (Lipinski definition) is 3. The quantitative estimate of drug-likeness (QED) is 0.661. The van der Waals surface area contributed by atoms with Gasteiger partial charge in [-0.3, -0.25) is 0 Å². The Kier molecular flexibility index (Phi) is 3.99. The van der Waals surface area contributed by atoms with Gasteiger partial charge in [0, 0.05) is 5.38 Å². The van der Waals surface area contributed by atoms with E-state index in [0.29, 0.717) is 18.1 Å². The third kappa shape index (κ3) is 3.19. The van der Waals surface area contributed by atoms with Gasteiger partial charge in [-0.2, -0.15) is 0 Å². The molecular formula is C17H13O2S. The molecule has 1 radical (unpaired) electrons. The summed E-state index contributed by atoms with van der Waals surface area (Å²) >= 11 is 1.45. The second kappa shape index (κ2) is 6.26. The molecule has 0 N–H and O–H groups in total. The van der Waals surface area contributed by atoms with Gasteiger partial charge in [0.15, 0.2) is 11.5 Å². The summed E-state index contributed by atoms with van der Waals surface area (Å²) in [5.74, 6) is 2.16. The maximum absolute atomic E-state index is 5.79. The van der Waals surface area contributed by atoms with Gasteiger partial charge in [-0.05, 0) is 17.7 Å². The zero-order valence-corrected chi connectivity index (χ0v) is 11.6. The average molecular weight is 281 g/mol. The van der Waals surface area contributed by atoms with Crippen molar-refractivity contribution in [1.29, 1.82) is 0 Å². The van der Waals surface area contributed by atoms with E-state index in [4.69, 9.17) is 9.47 Å². The SMILES string of the molecule is [c]1scc(Oc2ccccc2)c1OCc1ccccc1. The normalized spacial score (nSPS) is 10.2. The fourth-order valence-corrected chi connectivity index (χ4v) is 2.34. The second-order valence-electron chi connectivity index (χ2n) is 4.22. The predicted octanol–water partition coefficient (Wildman–Crippen LogP) is 4.92. The lowest BCUT2D eigenvalue weighted by atomic mass is 10.2. The monoisotopic (exact) mass is 281 g/mol. The molecule has 2 nitrogen and oxygen atoms in total. The maximum Gasteiger partial charge on any atom is 0.181 e. The van der Waals surface area contributed by atoms with E-state index < -0.39 is 0 Å². The van der Waals surface area contributed by atoms with Crippen molar-refractivity contribution in [2.24, 2.45) is 0 Å². The minimum absolute atomic E-state index is 0.513. The Labute approximate surface area is 122 Å². The van der Waals surface area contributed by atoms with E-state index in [0.717, 1.165) is 11.3 Å². The zero-order valence-electron chi connectivity index (χ0n) is 10.8. The topological polar surface area (TPSA) is 18.5 Å². The van der Waals surface area contributed by atoms with Crippen LogP contribution >= 0.6 is 11.3 Å². The second-order valence-corrected chi connectivity index (χ2v) is 4.90. The molecule has 0 unspecified atom stereocenters. The van der Waals surface area contributed by atoms with Crippen LogP contribution in [0.15, 0.2) is 66.0 Å². The highest BCUT2D eigenvalue weighted by Crippen LogP contribution is 2.34. The Morgan fingerprint density at radius 1 is 0.900 bits per heavy atom. The van der Waals surface area contributed by atoms with E-state index in [1.807, 2.05) is 66.0 Å². The number of hydrogen-bond donors (Lipinski definition) is 0. The van der Waals surface area contributed by atoms with Gasteiger partial charge in [-0.1, -0.05) is 48.5 Å². The standard InChI is InChI=1S/C17H13O2S/c1-3-7-14(8-4-1)11-18-16-12-20-13-17(16)19-15-9-5-2-6-10-15/h1-10,13H,11H2. The molecule has 0 aliphatic carbocycles. The van der Waals surface area contributed by atoms with Gasteiger partial charge in [-0.15, -0.1) is 11.3 Å². The molecule has 0 bridgehead atoms. The summed E-state index contributed by atoms with van der Waals surface area (Å²) in [6, 6.07) is 19.7. The number of rotatable bonds is 5. The zero-order chi connectivity index (χ0) is 13.6. The van der Waals surface area contributed by atoms with Gasteiger partial charge < -0.3 is 9.47 Å². The van der Waals surface area contributed by atoms with Gasteiger partial charge in [0.1, 0.15) is 12.4 Å². The molecule has 0 atom stereocenters. The molecule has 0 saturated heterocycles. The van der Waals surface area contributed by atoms with Gasteiger partial charge in [0.25, 0.3) is 0 Å². The fraction of sp³-hybridized carbons (Fsp3) is 0.0588. The van der Waals surface area contributed by atoms with Crippen molar-refractivity contribution < 1.29 is 9.47 Å². The van der Waals surface area contributed by atoms with Crippen LogP contribution in [0.2, 0.25) is 0 Å². The van der Waals surface area contributed by atoms with Crippen molar-refractivity contribution in [2.45, 2.75) is 6.61 Å². The van der Waals surface area contributed by atoms with E-state index in [-0.39, 0.29) is 0 Å². The van der Waals surface area contributed by atoms with Crippen molar-refractivity contribution in [3.05, 3.63) is 77.0 Å². The maximum atomic E-state index is 5.79. The van der Waals surface area contributed by atoms with Crippen LogP contribution in [0.4, 0.5) is 0 Å². The van der Waals surface area contributed by atoms with Crippen LogP contribution in [0.3, 0.4) is 0 Å². The molecule has 99 valence electrons. The molecule has 0 amide bonds. The lowest BCUT2D eigenvalue weighted by Crippen LogP contribution is -1.95. The number of benzene rings is 2. The highest BCUT2D eigenvalue weighted by atomic mass is 32.1. The Morgan fingerprint density at radius 3 is 2.35 bits per heavy atom. The number of thiophene rings is 1. The third-order valence-corrected chi connectivity index (χ3v) is 3.37. The molecule has 3 heteroatoms. The average Bonchev–Trinajstić information content (AvgIpc) is 2.94. The Balaban J connectivity index is 1.68. The minimum Gasteiger partial charge on any atom is -0.483 e. The highest BCUT2D eigenvalue weighted by Gasteiger charge is 2.08. The molecule has 1 heterocycles. The van der Waals surface area contributed by atoms with Crippen LogP contribution in [0.1, 0.15) is 5.56 Å². The first-order chi connectivity index (χ1) is 9.92. The smallest absolute Gasteiger partial charge is 0.181 e. The third-order valence-electron chi connectivity index (χ3n) is 2.74. The molecule has 1 aromatic heterocycles. The first-order valence-electron chi connectivity index (χ1n) is 6.30. The van der Waals surface area contributed by atoms with Crippen LogP contribution in [-0.4, -0.2) is 0 Å². The first kappa shape index (κ1) is 12.8. The summed E-state index contributed by atoms with van der Waals surface area (Å²) < 4.78 is 11.6. The largest absolute Gasteiger partial charge is 0.483 e. The van der Waals surface area contributed by atoms with Crippen LogP contribution < -0.4 is 9.47 Å². The Morgan fingerprint density at radius 2 is 1.60 bits per heavy atom. The molecule has 3 aromatic rings. The Hall–Kier alpha value is -2.26. The Bertz CT molecular complexity index is 647. The van der Waals surface area contributed by atoms with Crippen LogP contribution in [0.25, 0.3) is 0 Å². The van der Waals surface area contributed by atoms with Crippen molar-refractivity contribution >= 4 is 11.3 Å². The number of para-hydroxylation sites is 1. The molecule has 0 fully saturated rings. The van der Waals surface area contributed by atoms with E-state index in [9.17, 15) is 0 Å². The predicted molar refractivity (Wildman–Crippen MR) is 80.4 cm³/mol. The summed E-state index contributed by atoms with van der Waals surface area (Å²) in [4.78, 5) is 0. The molecule has 2 aromatic carbocycles. The molecule has 0 aliphatic heterocycles. The summed E-state index contributed by atoms with van der Waals surface area (Å²) in [6.07, 6.45) is 0. The van der Waals surface area contributed by atoms with E-state index in [2.05, 4.69) is 5.38 Å². The van der Waals surface area contributed by atoms with Crippen LogP contribution in [0, 0.1) is 5.38 Å². The molecule has 0 spiro atoms. The summed E-state index contributed by atoms with van der Waals surface area (Å²) in [7, 11) is 0. The van der Waals surface area contributed by atoms with Gasteiger partial charge in [0.2, 0.25) is 0 Å². The van der Waals surface area contributed by atoms with Crippen molar-refractivity contribution in [2.75, 3.05) is 0 Å². The fourth-order valence-electron chi connectivity index (χ4n) is 1.76.